The molecule has 0 saturated carbocycles. The number of nitrogens with zero attached hydrogens (tertiary/aromatic N) is 2. The van der Waals surface area contributed by atoms with E-state index in [2.05, 4.69) is 48.8 Å². The third kappa shape index (κ3) is 3.76. The second-order valence-electron chi connectivity index (χ2n) is 7.02. The molecule has 3 atom stereocenters. The van der Waals surface area contributed by atoms with Crippen LogP contribution in [-0.2, 0) is 9.57 Å². The highest BCUT2D eigenvalue weighted by Crippen LogP contribution is 2.35. The molecule has 0 fully saturated rings. The van der Waals surface area contributed by atoms with Crippen molar-refractivity contribution in [2.45, 2.75) is 34.1 Å². The Morgan fingerprint density at radius 2 is 2.04 bits per heavy atom. The lowest BCUT2D eigenvalue weighted by molar-refractivity contribution is 0.159. The van der Waals surface area contributed by atoms with Gasteiger partial charge in [-0.3, -0.25) is 4.99 Å². The van der Waals surface area contributed by atoms with E-state index < -0.39 is 0 Å². The van der Waals surface area contributed by atoms with Crippen molar-refractivity contribution < 1.29 is 9.57 Å². The van der Waals surface area contributed by atoms with E-state index in [0.717, 1.165) is 23.5 Å². The minimum atomic E-state index is -0.233. The van der Waals surface area contributed by atoms with Crippen LogP contribution in [0.2, 0.25) is 0 Å². The summed E-state index contributed by atoms with van der Waals surface area (Å²) in [6, 6.07) is 0. The van der Waals surface area contributed by atoms with Gasteiger partial charge in [-0.25, -0.2) is 0 Å². The predicted molar refractivity (Wildman–Crippen MR) is 101 cm³/mol. The topological polar surface area (TPSA) is 43.2 Å². The first-order valence-electron chi connectivity index (χ1n) is 8.64. The number of rotatable bonds is 0. The van der Waals surface area contributed by atoms with Gasteiger partial charge >= 0.3 is 0 Å². The van der Waals surface area contributed by atoms with Crippen LogP contribution >= 0.6 is 0 Å². The highest BCUT2D eigenvalue weighted by molar-refractivity contribution is 5.59. The first-order valence-corrected chi connectivity index (χ1v) is 8.64. The van der Waals surface area contributed by atoms with Gasteiger partial charge < -0.3 is 9.57 Å². The minimum absolute atomic E-state index is 0.233. The standard InChI is InChI=1S/C11H11NO.C10H13NO/c1-9-3-4-10-11(2,6-5-9)7-12-8-13-10;1-7-3-4-10-9(8(7)2)5-6-11-12-10/h3-4,8H,7H2,1-2H3;3-4,6,8-9H,5H2,1-2H3. The molecule has 3 unspecified atom stereocenters. The van der Waals surface area contributed by atoms with E-state index >= 15 is 0 Å². The Morgan fingerprint density at radius 1 is 1.20 bits per heavy atom. The van der Waals surface area contributed by atoms with Crippen LogP contribution in [0, 0.1) is 29.1 Å². The number of allylic oxidation sites excluding steroid dienone is 7. The molecule has 0 saturated heterocycles. The number of fused-ring (bicyclic) bond motifs is 2. The number of ether oxygens (including phenoxy) is 1. The summed E-state index contributed by atoms with van der Waals surface area (Å²) >= 11 is 0. The van der Waals surface area contributed by atoms with Crippen molar-refractivity contribution in [1.82, 2.24) is 0 Å². The summed E-state index contributed by atoms with van der Waals surface area (Å²) in [5.74, 6) is 9.31. The van der Waals surface area contributed by atoms with Crippen molar-refractivity contribution >= 4 is 12.6 Å². The van der Waals surface area contributed by atoms with Gasteiger partial charge in [0.15, 0.2) is 6.40 Å². The van der Waals surface area contributed by atoms with Crippen molar-refractivity contribution in [3.05, 3.63) is 47.0 Å². The van der Waals surface area contributed by atoms with Crippen LogP contribution in [0.15, 0.2) is 57.1 Å². The summed E-state index contributed by atoms with van der Waals surface area (Å²) in [5.41, 5.74) is 2.26. The second kappa shape index (κ2) is 7.14. The quantitative estimate of drug-likeness (QED) is 0.616. The van der Waals surface area contributed by atoms with Gasteiger partial charge in [0, 0.05) is 12.1 Å². The molecule has 0 bridgehead atoms. The van der Waals surface area contributed by atoms with E-state index in [1.165, 1.54) is 12.0 Å². The zero-order valence-corrected chi connectivity index (χ0v) is 15.2. The molecule has 4 aliphatic rings. The summed E-state index contributed by atoms with van der Waals surface area (Å²) in [6.07, 6.45) is 12.5. The Bertz CT molecular complexity index is 786. The maximum absolute atomic E-state index is 5.34. The number of oxime groups is 1. The van der Waals surface area contributed by atoms with Crippen molar-refractivity contribution in [3.63, 3.8) is 0 Å². The highest BCUT2D eigenvalue weighted by atomic mass is 16.6. The van der Waals surface area contributed by atoms with E-state index in [1.807, 2.05) is 31.4 Å². The van der Waals surface area contributed by atoms with Crippen molar-refractivity contribution in [2.24, 2.45) is 27.4 Å². The summed E-state index contributed by atoms with van der Waals surface area (Å²) < 4.78 is 5.34. The van der Waals surface area contributed by atoms with Gasteiger partial charge in [0.1, 0.15) is 16.9 Å². The third-order valence-corrected chi connectivity index (χ3v) is 5.02. The first kappa shape index (κ1) is 17.3. The molecule has 0 spiro atoms. The van der Waals surface area contributed by atoms with Crippen molar-refractivity contribution in [2.75, 3.05) is 6.54 Å². The van der Waals surface area contributed by atoms with Crippen LogP contribution in [0.25, 0.3) is 0 Å². The average molecular weight is 336 g/mol. The maximum Gasteiger partial charge on any atom is 0.176 e. The molecule has 4 rings (SSSR count). The van der Waals surface area contributed by atoms with Gasteiger partial charge in [-0.2, -0.15) is 0 Å². The van der Waals surface area contributed by atoms with Crippen LogP contribution in [0.1, 0.15) is 34.1 Å². The fourth-order valence-electron chi connectivity index (χ4n) is 3.05. The Kier molecular flexibility index (Phi) is 4.94. The predicted octanol–water partition coefficient (Wildman–Crippen LogP) is 4.39. The normalized spacial score (nSPS) is 31.5. The van der Waals surface area contributed by atoms with Gasteiger partial charge in [0.05, 0.1) is 6.54 Å². The number of hydrogen-bond donors (Lipinski definition) is 0. The SMILES string of the molecule is CC1=CC=C2OC=NCC2(C)C#C1.CC1=CC=C2ON=CCC2C1C. The molecule has 0 radical (unpaired) electrons. The van der Waals surface area contributed by atoms with Gasteiger partial charge in [0.25, 0.3) is 0 Å². The molecule has 0 amide bonds. The molecule has 0 N–H and O–H groups in total. The average Bonchev–Trinajstić information content (AvgIpc) is 2.78. The summed E-state index contributed by atoms with van der Waals surface area (Å²) in [5, 5.41) is 3.80. The highest BCUT2D eigenvalue weighted by Gasteiger charge is 2.31. The maximum atomic E-state index is 5.34. The molecule has 4 heteroatoms. The number of aliphatic imine (C=N–C) groups is 1. The smallest absolute Gasteiger partial charge is 0.176 e. The van der Waals surface area contributed by atoms with Crippen LogP contribution < -0.4 is 0 Å². The van der Waals surface area contributed by atoms with Crippen molar-refractivity contribution in [3.8, 4) is 11.8 Å². The zero-order chi connectivity index (χ0) is 17.9. The molecule has 130 valence electrons. The molecular formula is C21H24N2O2. The van der Waals surface area contributed by atoms with Crippen molar-refractivity contribution in [1.29, 1.82) is 0 Å². The lowest BCUT2D eigenvalue weighted by Crippen LogP contribution is -2.26. The van der Waals surface area contributed by atoms with Gasteiger partial charge in [-0.05, 0) is 56.9 Å². The van der Waals surface area contributed by atoms with E-state index in [-0.39, 0.29) is 5.41 Å². The lowest BCUT2D eigenvalue weighted by atomic mass is 9.81. The molecule has 0 aromatic heterocycles. The van der Waals surface area contributed by atoms with Gasteiger partial charge in [-0.1, -0.05) is 35.6 Å². The Morgan fingerprint density at radius 3 is 2.88 bits per heavy atom. The molecule has 2 aliphatic heterocycles. The third-order valence-electron chi connectivity index (χ3n) is 5.02. The lowest BCUT2D eigenvalue weighted by Gasteiger charge is -2.29. The Hall–Kier alpha value is -2.54. The molecule has 0 aromatic rings. The Balaban J connectivity index is 0.000000146. The monoisotopic (exact) mass is 336 g/mol. The second-order valence-corrected chi connectivity index (χ2v) is 7.02. The van der Waals surface area contributed by atoms with Crippen LogP contribution in [0.3, 0.4) is 0 Å². The van der Waals surface area contributed by atoms with E-state index in [9.17, 15) is 0 Å². The largest absolute Gasteiger partial charge is 0.449 e. The van der Waals surface area contributed by atoms with E-state index in [0.29, 0.717) is 18.4 Å². The molecular weight excluding hydrogens is 312 g/mol. The molecule has 4 nitrogen and oxygen atoms in total. The number of hydrogen-bond acceptors (Lipinski definition) is 4. The van der Waals surface area contributed by atoms with Crippen LogP contribution in [0.4, 0.5) is 0 Å². The minimum Gasteiger partial charge on any atom is -0.449 e. The molecule has 25 heavy (non-hydrogen) atoms. The summed E-state index contributed by atoms with van der Waals surface area (Å²) in [6.45, 7) is 9.14. The Labute approximate surface area is 149 Å². The fraction of sp³-hybridized carbons (Fsp3) is 0.429. The van der Waals surface area contributed by atoms with Crippen LogP contribution in [-0.4, -0.2) is 19.2 Å². The van der Waals surface area contributed by atoms with E-state index in [1.54, 1.807) is 0 Å². The molecule has 2 aliphatic carbocycles. The summed E-state index contributed by atoms with van der Waals surface area (Å²) in [4.78, 5) is 9.27. The van der Waals surface area contributed by atoms with Gasteiger partial charge in [0.2, 0.25) is 0 Å². The first-order chi connectivity index (χ1) is 12.0. The van der Waals surface area contributed by atoms with Crippen LogP contribution in [0.5, 0.6) is 0 Å². The summed E-state index contributed by atoms with van der Waals surface area (Å²) in [7, 11) is 0. The zero-order valence-electron chi connectivity index (χ0n) is 15.2. The molecule has 0 aromatic carbocycles. The molecule has 2 heterocycles. The van der Waals surface area contributed by atoms with Gasteiger partial charge in [-0.15, -0.1) is 0 Å². The fourth-order valence-corrected chi connectivity index (χ4v) is 3.05. The van der Waals surface area contributed by atoms with E-state index in [4.69, 9.17) is 9.57 Å².